The molecule has 0 unspecified atom stereocenters. The zero-order valence-corrected chi connectivity index (χ0v) is 9.97. The third-order valence-electron chi connectivity index (χ3n) is 2.50. The second kappa shape index (κ2) is 4.37. The fraction of sp³-hybridized carbons (Fsp3) is 0.250. The molecule has 0 aliphatic heterocycles. The SMILES string of the molecule is Cc1ncccc1Oc1c(C=O)c(C)nn1C. The van der Waals surface area contributed by atoms with Gasteiger partial charge in [-0.25, -0.2) is 4.68 Å². The van der Waals surface area contributed by atoms with Gasteiger partial charge >= 0.3 is 0 Å². The number of ether oxygens (including phenoxy) is 1. The number of pyridine rings is 1. The van der Waals surface area contributed by atoms with Gasteiger partial charge in [-0.05, 0) is 26.0 Å². The molecule has 0 saturated heterocycles. The zero-order valence-electron chi connectivity index (χ0n) is 9.97. The van der Waals surface area contributed by atoms with Gasteiger partial charge in [0.15, 0.2) is 12.0 Å². The van der Waals surface area contributed by atoms with Crippen molar-refractivity contribution in [1.82, 2.24) is 14.8 Å². The lowest BCUT2D eigenvalue weighted by Crippen LogP contribution is -1.98. The van der Waals surface area contributed by atoms with Gasteiger partial charge in [-0.15, -0.1) is 0 Å². The second-order valence-corrected chi connectivity index (χ2v) is 3.73. The Bertz CT molecular complexity index is 561. The van der Waals surface area contributed by atoms with Crippen LogP contribution in [0.2, 0.25) is 0 Å². The maximum atomic E-state index is 11.0. The molecule has 17 heavy (non-hydrogen) atoms. The number of aromatic nitrogens is 3. The van der Waals surface area contributed by atoms with Crippen LogP contribution in [0, 0.1) is 13.8 Å². The van der Waals surface area contributed by atoms with E-state index in [0.717, 1.165) is 12.0 Å². The van der Waals surface area contributed by atoms with Gasteiger partial charge in [-0.2, -0.15) is 5.10 Å². The number of hydrogen-bond donors (Lipinski definition) is 0. The smallest absolute Gasteiger partial charge is 0.228 e. The first-order chi connectivity index (χ1) is 8.13. The van der Waals surface area contributed by atoms with E-state index in [4.69, 9.17) is 4.74 Å². The molecule has 0 N–H and O–H groups in total. The third kappa shape index (κ3) is 2.04. The topological polar surface area (TPSA) is 57.0 Å². The Morgan fingerprint density at radius 3 is 2.76 bits per heavy atom. The predicted octanol–water partition coefficient (Wildman–Crippen LogP) is 2.04. The lowest BCUT2D eigenvalue weighted by atomic mass is 10.3. The summed E-state index contributed by atoms with van der Waals surface area (Å²) in [5.74, 6) is 1.06. The van der Waals surface area contributed by atoms with Crippen molar-refractivity contribution in [3.8, 4) is 11.6 Å². The van der Waals surface area contributed by atoms with E-state index in [2.05, 4.69) is 10.1 Å². The Morgan fingerprint density at radius 2 is 2.12 bits per heavy atom. The van der Waals surface area contributed by atoms with Crippen LogP contribution in [0.25, 0.3) is 0 Å². The highest BCUT2D eigenvalue weighted by atomic mass is 16.5. The van der Waals surface area contributed by atoms with E-state index < -0.39 is 0 Å². The molecule has 0 aliphatic carbocycles. The lowest BCUT2D eigenvalue weighted by Gasteiger charge is -2.07. The van der Waals surface area contributed by atoms with Crippen LogP contribution in [0.3, 0.4) is 0 Å². The molecule has 0 saturated carbocycles. The fourth-order valence-electron chi connectivity index (χ4n) is 1.59. The Balaban J connectivity index is 2.43. The molecule has 2 rings (SSSR count). The number of rotatable bonds is 3. The highest BCUT2D eigenvalue weighted by Crippen LogP contribution is 2.27. The Hall–Kier alpha value is -2.17. The number of nitrogens with zero attached hydrogens (tertiary/aromatic N) is 3. The molecule has 5 heteroatoms. The van der Waals surface area contributed by atoms with Crippen molar-refractivity contribution < 1.29 is 9.53 Å². The van der Waals surface area contributed by atoms with Crippen LogP contribution in [-0.4, -0.2) is 21.1 Å². The average Bonchev–Trinajstić information content (AvgIpc) is 2.56. The maximum Gasteiger partial charge on any atom is 0.228 e. The highest BCUT2D eigenvalue weighted by Gasteiger charge is 2.15. The van der Waals surface area contributed by atoms with Crippen LogP contribution in [0.15, 0.2) is 18.3 Å². The molecule has 0 spiro atoms. The number of hydrogen-bond acceptors (Lipinski definition) is 4. The predicted molar refractivity (Wildman–Crippen MR) is 62.4 cm³/mol. The summed E-state index contributed by atoms with van der Waals surface area (Å²) < 4.78 is 7.24. The number of aldehydes is 1. The second-order valence-electron chi connectivity index (χ2n) is 3.73. The van der Waals surface area contributed by atoms with Crippen LogP contribution in [0.5, 0.6) is 11.6 Å². The van der Waals surface area contributed by atoms with Gasteiger partial charge in [0.05, 0.1) is 17.0 Å². The van der Waals surface area contributed by atoms with Crippen molar-refractivity contribution in [1.29, 1.82) is 0 Å². The molecule has 0 atom stereocenters. The molecule has 0 bridgehead atoms. The summed E-state index contributed by atoms with van der Waals surface area (Å²) >= 11 is 0. The van der Waals surface area contributed by atoms with Crippen LogP contribution >= 0.6 is 0 Å². The quantitative estimate of drug-likeness (QED) is 0.758. The van der Waals surface area contributed by atoms with E-state index in [1.165, 1.54) is 0 Å². The van der Waals surface area contributed by atoms with E-state index in [9.17, 15) is 4.79 Å². The van der Waals surface area contributed by atoms with Gasteiger partial charge in [0.1, 0.15) is 0 Å². The zero-order chi connectivity index (χ0) is 12.4. The van der Waals surface area contributed by atoms with E-state index >= 15 is 0 Å². The molecule has 0 amide bonds. The Kier molecular flexibility index (Phi) is 2.91. The standard InChI is InChI=1S/C12H13N3O2/c1-8-10(7-16)12(15(3)14-8)17-11-5-4-6-13-9(11)2/h4-7H,1-3H3. The number of carbonyl (C=O) groups excluding carboxylic acids is 1. The number of carbonyl (C=O) groups is 1. The van der Waals surface area contributed by atoms with E-state index in [1.807, 2.05) is 6.92 Å². The molecular formula is C12H13N3O2. The van der Waals surface area contributed by atoms with Crippen molar-refractivity contribution in [2.75, 3.05) is 0 Å². The average molecular weight is 231 g/mol. The van der Waals surface area contributed by atoms with Crippen molar-refractivity contribution in [2.45, 2.75) is 13.8 Å². The minimum atomic E-state index is 0.439. The van der Waals surface area contributed by atoms with Gasteiger partial charge in [0.25, 0.3) is 0 Å². The van der Waals surface area contributed by atoms with Crippen molar-refractivity contribution in [3.63, 3.8) is 0 Å². The normalized spacial score (nSPS) is 10.3. The number of aryl methyl sites for hydroxylation is 3. The van der Waals surface area contributed by atoms with Crippen molar-refractivity contribution in [2.24, 2.45) is 7.05 Å². The molecule has 2 aromatic rings. The van der Waals surface area contributed by atoms with Gasteiger partial charge in [0.2, 0.25) is 5.88 Å². The molecule has 0 aliphatic rings. The molecule has 0 fully saturated rings. The minimum Gasteiger partial charge on any atom is -0.437 e. The molecule has 2 aromatic heterocycles. The molecular weight excluding hydrogens is 218 g/mol. The largest absolute Gasteiger partial charge is 0.437 e. The van der Waals surface area contributed by atoms with Gasteiger partial charge in [-0.1, -0.05) is 0 Å². The molecule has 0 radical (unpaired) electrons. The summed E-state index contributed by atoms with van der Waals surface area (Å²) in [5.41, 5.74) is 1.89. The summed E-state index contributed by atoms with van der Waals surface area (Å²) in [6, 6.07) is 3.59. The van der Waals surface area contributed by atoms with Crippen LogP contribution < -0.4 is 4.74 Å². The lowest BCUT2D eigenvalue weighted by molar-refractivity contribution is 0.112. The van der Waals surface area contributed by atoms with E-state index in [1.54, 1.807) is 37.0 Å². The summed E-state index contributed by atoms with van der Waals surface area (Å²) in [5, 5.41) is 4.15. The summed E-state index contributed by atoms with van der Waals surface area (Å²) in [6.07, 6.45) is 2.45. The Labute approximate surface area is 99.1 Å². The van der Waals surface area contributed by atoms with E-state index in [0.29, 0.717) is 22.9 Å². The van der Waals surface area contributed by atoms with Crippen LogP contribution in [0.4, 0.5) is 0 Å². The highest BCUT2D eigenvalue weighted by molar-refractivity contribution is 5.80. The fourth-order valence-corrected chi connectivity index (χ4v) is 1.59. The van der Waals surface area contributed by atoms with Crippen LogP contribution in [-0.2, 0) is 7.05 Å². The van der Waals surface area contributed by atoms with E-state index in [-0.39, 0.29) is 0 Å². The summed E-state index contributed by atoms with van der Waals surface area (Å²) in [4.78, 5) is 15.1. The third-order valence-corrected chi connectivity index (χ3v) is 2.50. The van der Waals surface area contributed by atoms with Gasteiger partial charge in [-0.3, -0.25) is 9.78 Å². The van der Waals surface area contributed by atoms with Gasteiger partial charge in [0, 0.05) is 13.2 Å². The minimum absolute atomic E-state index is 0.439. The first-order valence-electron chi connectivity index (χ1n) is 5.21. The maximum absolute atomic E-state index is 11.0. The summed E-state index contributed by atoms with van der Waals surface area (Å²) in [7, 11) is 1.74. The van der Waals surface area contributed by atoms with Gasteiger partial charge < -0.3 is 4.74 Å². The first kappa shape index (κ1) is 11.3. The van der Waals surface area contributed by atoms with Crippen molar-refractivity contribution in [3.05, 3.63) is 35.3 Å². The first-order valence-corrected chi connectivity index (χ1v) is 5.21. The molecule has 88 valence electrons. The Morgan fingerprint density at radius 1 is 1.35 bits per heavy atom. The molecule has 0 aromatic carbocycles. The van der Waals surface area contributed by atoms with Crippen molar-refractivity contribution >= 4 is 6.29 Å². The van der Waals surface area contributed by atoms with Crippen LogP contribution in [0.1, 0.15) is 21.7 Å². The molecule has 5 nitrogen and oxygen atoms in total. The monoisotopic (exact) mass is 231 g/mol. The molecule has 2 heterocycles. The summed E-state index contributed by atoms with van der Waals surface area (Å²) in [6.45, 7) is 3.62.